The van der Waals surface area contributed by atoms with Crippen molar-refractivity contribution in [2.24, 2.45) is 0 Å². The van der Waals surface area contributed by atoms with Gasteiger partial charge in [0.1, 0.15) is 0 Å². The van der Waals surface area contributed by atoms with Crippen molar-refractivity contribution >= 4 is 16.7 Å². The van der Waals surface area contributed by atoms with Gasteiger partial charge < -0.3 is 10.2 Å². The Kier molecular flexibility index (Phi) is 5.96. The molecule has 0 spiro atoms. The minimum atomic E-state index is 0.0466. The second kappa shape index (κ2) is 7.95. The van der Waals surface area contributed by atoms with E-state index in [9.17, 15) is 4.79 Å². The number of carbonyl (C=O) groups is 1. The molecule has 22 heavy (non-hydrogen) atoms. The predicted molar refractivity (Wildman–Crippen MR) is 93.3 cm³/mol. The van der Waals surface area contributed by atoms with Crippen LogP contribution in [0.15, 0.2) is 42.5 Å². The van der Waals surface area contributed by atoms with Crippen molar-refractivity contribution in [2.75, 3.05) is 20.1 Å². The molecule has 3 heteroatoms. The molecule has 1 fully saturated rings. The lowest BCUT2D eigenvalue weighted by Gasteiger charge is -2.29. The van der Waals surface area contributed by atoms with Gasteiger partial charge in [-0.05, 0) is 55.9 Å². The molecule has 0 radical (unpaired) electrons. The number of carbonyl (C=O) groups excluding carboxylic acids is 1. The molecule has 1 amide bonds. The first-order chi connectivity index (χ1) is 10.7. The molecule has 118 valence electrons. The van der Waals surface area contributed by atoms with Crippen LogP contribution in [0.4, 0.5) is 0 Å². The first-order valence-electron chi connectivity index (χ1n) is 8.20. The quantitative estimate of drug-likeness (QED) is 0.917. The Morgan fingerprint density at radius 2 is 1.68 bits per heavy atom. The number of nitrogens with zero attached hydrogens (tertiary/aromatic N) is 1. The van der Waals surface area contributed by atoms with Crippen molar-refractivity contribution < 1.29 is 4.79 Å². The molecule has 0 aliphatic carbocycles. The van der Waals surface area contributed by atoms with Crippen LogP contribution >= 0.6 is 0 Å². The van der Waals surface area contributed by atoms with Gasteiger partial charge in [-0.25, -0.2) is 0 Å². The Morgan fingerprint density at radius 3 is 2.36 bits per heavy atom. The smallest absolute Gasteiger partial charge is 0.251 e. The molecule has 0 unspecified atom stereocenters. The Balaban J connectivity index is 0.000000847. The number of fused-ring (bicyclic) bond motifs is 1. The van der Waals surface area contributed by atoms with E-state index in [-0.39, 0.29) is 5.91 Å². The second-order valence-electron chi connectivity index (χ2n) is 5.61. The van der Waals surface area contributed by atoms with Gasteiger partial charge in [0.15, 0.2) is 0 Å². The Morgan fingerprint density at radius 1 is 1.05 bits per heavy atom. The fourth-order valence-electron chi connectivity index (χ4n) is 2.75. The van der Waals surface area contributed by atoms with E-state index in [1.165, 1.54) is 5.39 Å². The van der Waals surface area contributed by atoms with Crippen LogP contribution in [0, 0.1) is 0 Å². The summed E-state index contributed by atoms with van der Waals surface area (Å²) >= 11 is 0. The highest BCUT2D eigenvalue weighted by atomic mass is 16.1. The Bertz CT molecular complexity index is 616. The maximum Gasteiger partial charge on any atom is 0.251 e. The Labute approximate surface area is 133 Å². The third kappa shape index (κ3) is 4.08. The minimum absolute atomic E-state index is 0.0466. The number of rotatable bonds is 2. The number of likely N-dealkylation sites (tertiary alicyclic amines) is 1. The molecule has 2 aromatic rings. The van der Waals surface area contributed by atoms with E-state index in [4.69, 9.17) is 0 Å². The van der Waals surface area contributed by atoms with Gasteiger partial charge in [0, 0.05) is 11.6 Å². The van der Waals surface area contributed by atoms with Crippen LogP contribution in [-0.4, -0.2) is 37.0 Å². The van der Waals surface area contributed by atoms with Crippen molar-refractivity contribution in [1.82, 2.24) is 10.2 Å². The number of hydrogen-bond donors (Lipinski definition) is 1. The third-order valence-corrected chi connectivity index (χ3v) is 4.07. The summed E-state index contributed by atoms with van der Waals surface area (Å²) in [4.78, 5) is 14.6. The fraction of sp³-hybridized carbons (Fsp3) is 0.421. The molecule has 0 atom stereocenters. The highest BCUT2D eigenvalue weighted by molar-refractivity contribution is 5.98. The number of piperidine rings is 1. The number of nitrogens with one attached hydrogen (secondary N) is 1. The zero-order valence-corrected chi connectivity index (χ0v) is 13.8. The van der Waals surface area contributed by atoms with E-state index < -0.39 is 0 Å². The van der Waals surface area contributed by atoms with Gasteiger partial charge in [0.2, 0.25) is 0 Å². The van der Waals surface area contributed by atoms with Crippen molar-refractivity contribution in [3.63, 3.8) is 0 Å². The summed E-state index contributed by atoms with van der Waals surface area (Å²) < 4.78 is 0. The number of hydrogen-bond acceptors (Lipinski definition) is 2. The van der Waals surface area contributed by atoms with Crippen molar-refractivity contribution in [3.8, 4) is 0 Å². The van der Waals surface area contributed by atoms with Gasteiger partial charge >= 0.3 is 0 Å². The molecule has 2 aromatic carbocycles. The van der Waals surface area contributed by atoms with Gasteiger partial charge in [-0.3, -0.25) is 4.79 Å². The van der Waals surface area contributed by atoms with Crippen LogP contribution in [0.25, 0.3) is 10.8 Å². The first-order valence-corrected chi connectivity index (χ1v) is 8.20. The molecule has 3 nitrogen and oxygen atoms in total. The molecule has 0 aromatic heterocycles. The highest BCUT2D eigenvalue weighted by Crippen LogP contribution is 2.16. The molecule has 1 N–H and O–H groups in total. The normalized spacial score (nSPS) is 16.0. The maximum absolute atomic E-state index is 12.3. The van der Waals surface area contributed by atoms with Gasteiger partial charge in [-0.1, -0.05) is 44.2 Å². The van der Waals surface area contributed by atoms with Crippen molar-refractivity contribution in [3.05, 3.63) is 48.0 Å². The SMILES string of the molecule is CC.CN1CCC(NC(=O)c2ccc3ccccc3c2)CC1. The maximum atomic E-state index is 12.3. The average molecular weight is 298 g/mol. The summed E-state index contributed by atoms with van der Waals surface area (Å²) in [6.07, 6.45) is 2.08. The van der Waals surface area contributed by atoms with Gasteiger partial charge in [0.05, 0.1) is 0 Å². The monoisotopic (exact) mass is 298 g/mol. The number of amides is 1. The summed E-state index contributed by atoms with van der Waals surface area (Å²) in [5.41, 5.74) is 0.752. The standard InChI is InChI=1S/C17H20N2O.C2H6/c1-19-10-8-16(9-11-19)18-17(20)15-7-6-13-4-2-3-5-14(13)12-15;1-2/h2-7,12,16H,8-11H2,1H3,(H,18,20);1-2H3. The van der Waals surface area contributed by atoms with Gasteiger partial charge in [-0.2, -0.15) is 0 Å². The molecule has 1 aliphatic heterocycles. The number of benzene rings is 2. The molecule has 0 bridgehead atoms. The lowest BCUT2D eigenvalue weighted by Crippen LogP contribution is -2.43. The van der Waals surface area contributed by atoms with E-state index in [0.717, 1.165) is 36.9 Å². The van der Waals surface area contributed by atoms with E-state index >= 15 is 0 Å². The summed E-state index contributed by atoms with van der Waals surface area (Å²) in [7, 11) is 2.13. The summed E-state index contributed by atoms with van der Waals surface area (Å²) in [5, 5.41) is 5.44. The summed E-state index contributed by atoms with van der Waals surface area (Å²) in [5.74, 6) is 0.0466. The van der Waals surface area contributed by atoms with Gasteiger partial charge in [0.25, 0.3) is 5.91 Å². The molecule has 1 heterocycles. The Hall–Kier alpha value is -1.87. The van der Waals surface area contributed by atoms with Crippen LogP contribution in [-0.2, 0) is 0 Å². The minimum Gasteiger partial charge on any atom is -0.349 e. The molecular weight excluding hydrogens is 272 g/mol. The zero-order valence-electron chi connectivity index (χ0n) is 13.8. The van der Waals surface area contributed by atoms with E-state index in [0.29, 0.717) is 6.04 Å². The average Bonchev–Trinajstić information content (AvgIpc) is 2.58. The van der Waals surface area contributed by atoms with Crippen molar-refractivity contribution in [1.29, 1.82) is 0 Å². The van der Waals surface area contributed by atoms with Crippen LogP contribution in [0.1, 0.15) is 37.0 Å². The largest absolute Gasteiger partial charge is 0.349 e. The third-order valence-electron chi connectivity index (χ3n) is 4.07. The van der Waals surface area contributed by atoms with Crippen LogP contribution in [0.3, 0.4) is 0 Å². The fourth-order valence-corrected chi connectivity index (χ4v) is 2.75. The summed E-state index contributed by atoms with van der Waals surface area (Å²) in [6.45, 7) is 6.12. The lowest BCUT2D eigenvalue weighted by atomic mass is 10.0. The van der Waals surface area contributed by atoms with Crippen molar-refractivity contribution in [2.45, 2.75) is 32.7 Å². The summed E-state index contributed by atoms with van der Waals surface area (Å²) in [6, 6.07) is 14.3. The molecule has 0 saturated carbocycles. The molecular formula is C19H26N2O. The predicted octanol–water partition coefficient (Wildman–Crippen LogP) is 3.69. The van der Waals surface area contributed by atoms with E-state index in [1.54, 1.807) is 0 Å². The zero-order chi connectivity index (χ0) is 15.9. The second-order valence-corrected chi connectivity index (χ2v) is 5.61. The van der Waals surface area contributed by atoms with Crippen LogP contribution < -0.4 is 5.32 Å². The topological polar surface area (TPSA) is 32.3 Å². The van der Waals surface area contributed by atoms with E-state index in [2.05, 4.69) is 23.3 Å². The van der Waals surface area contributed by atoms with E-state index in [1.807, 2.05) is 50.2 Å². The van der Waals surface area contributed by atoms with Gasteiger partial charge in [-0.15, -0.1) is 0 Å². The van der Waals surface area contributed by atoms with Crippen LogP contribution in [0.2, 0.25) is 0 Å². The lowest BCUT2D eigenvalue weighted by molar-refractivity contribution is 0.0917. The highest BCUT2D eigenvalue weighted by Gasteiger charge is 2.19. The molecule has 3 rings (SSSR count). The molecule has 1 saturated heterocycles. The first kappa shape index (κ1) is 16.5. The molecule has 1 aliphatic rings. The van der Waals surface area contributed by atoms with Crippen LogP contribution in [0.5, 0.6) is 0 Å².